The van der Waals surface area contributed by atoms with Gasteiger partial charge in [0.25, 0.3) is 11.5 Å². The third kappa shape index (κ3) is 9.30. The van der Waals surface area contributed by atoms with Crippen molar-refractivity contribution in [2.75, 3.05) is 11.1 Å². The first-order chi connectivity index (χ1) is 18.8. The van der Waals surface area contributed by atoms with Crippen molar-refractivity contribution in [3.05, 3.63) is 52.1 Å². The molecule has 0 aliphatic heterocycles. The number of nitrogens with two attached hydrogens (primary N) is 2. The fourth-order valence-electron chi connectivity index (χ4n) is 2.96. The van der Waals surface area contributed by atoms with Crippen molar-refractivity contribution in [3.8, 4) is 0 Å². The van der Waals surface area contributed by atoms with E-state index in [2.05, 4.69) is 30.6 Å². The minimum Gasteiger partial charge on any atom is -0.481 e. The van der Waals surface area contributed by atoms with Crippen molar-refractivity contribution < 1.29 is 39.6 Å². The van der Waals surface area contributed by atoms with Crippen LogP contribution in [0.15, 0.2) is 35.3 Å². The Kier molecular flexibility index (Phi) is 11.0. The van der Waals surface area contributed by atoms with E-state index in [9.17, 15) is 24.0 Å². The number of hydrogen-bond acceptors (Lipinski definition) is 12. The van der Waals surface area contributed by atoms with E-state index in [0.717, 1.165) is 0 Å². The standard InChI is InChI=1S/C19H19N7O6.C4H9NO3/c20-19-25-15-14(17(30)26-19)23-11(8-22-15)7-21-10-3-1-9(2-4-10)16(29)24-12(18(31)32)5-6-13(27)28;1-2(6)3(5)4(7)8/h1-4,8,12,21H,5-7H2,(H,24,29)(H,27,28)(H,31,32)(H3,20,22,25,26,30);2-3,6H,5H2,1H3,(H,7,8)/t12-;2-,3+/m01/s1. The van der Waals surface area contributed by atoms with Crippen molar-refractivity contribution in [2.45, 2.75) is 44.5 Å². The molecule has 0 bridgehead atoms. The summed E-state index contributed by atoms with van der Waals surface area (Å²) in [7, 11) is 0. The number of carbonyl (C=O) groups excluding carboxylic acids is 1. The Morgan fingerprint density at radius 2 is 1.70 bits per heavy atom. The molecular formula is C23H28N8O9. The normalized spacial score (nSPS) is 12.8. The molecule has 1 aromatic carbocycles. The van der Waals surface area contributed by atoms with Crippen molar-refractivity contribution in [3.63, 3.8) is 0 Å². The lowest BCUT2D eigenvalue weighted by Crippen LogP contribution is -2.41. The third-order valence-corrected chi connectivity index (χ3v) is 5.16. The van der Waals surface area contributed by atoms with Gasteiger partial charge in [-0.3, -0.25) is 24.2 Å². The number of aliphatic hydroxyl groups is 1. The van der Waals surface area contributed by atoms with E-state index in [1.54, 1.807) is 12.1 Å². The zero-order chi connectivity index (χ0) is 30.0. The molecule has 2 heterocycles. The number of aliphatic carboxylic acids is 3. The summed E-state index contributed by atoms with van der Waals surface area (Å²) in [5.41, 5.74) is 11.4. The van der Waals surface area contributed by atoms with Crippen LogP contribution >= 0.6 is 0 Å². The average molecular weight is 561 g/mol. The number of aliphatic hydroxyl groups excluding tert-OH is 1. The van der Waals surface area contributed by atoms with E-state index in [1.165, 1.54) is 25.3 Å². The number of hydrogen-bond donors (Lipinski definition) is 9. The smallest absolute Gasteiger partial charge is 0.326 e. The SMILES string of the molecule is C[C@@H](O)[C@H](N)C(=O)O.Nc1nc2ncc(CNc3ccc(C(=O)N[C@@H](CCC(=O)O)C(=O)O)cc3)nc2c(=O)[nH]1. The van der Waals surface area contributed by atoms with Gasteiger partial charge in [-0.15, -0.1) is 0 Å². The molecule has 2 aromatic heterocycles. The minimum atomic E-state index is -1.31. The predicted octanol–water partition coefficient (Wildman–Crippen LogP) is -1.27. The number of carbonyl (C=O) groups is 4. The third-order valence-electron chi connectivity index (χ3n) is 5.16. The number of aromatic nitrogens is 4. The van der Waals surface area contributed by atoms with Crippen LogP contribution in [0.3, 0.4) is 0 Å². The van der Waals surface area contributed by atoms with Crippen LogP contribution in [0.5, 0.6) is 0 Å². The first kappa shape index (κ1) is 31.1. The van der Waals surface area contributed by atoms with Crippen LogP contribution in [0.1, 0.15) is 35.8 Å². The van der Waals surface area contributed by atoms with Gasteiger partial charge in [-0.1, -0.05) is 0 Å². The number of nitrogens with one attached hydrogen (secondary N) is 3. The number of fused-ring (bicyclic) bond motifs is 1. The van der Waals surface area contributed by atoms with Crippen LogP contribution in [0.4, 0.5) is 11.6 Å². The number of anilines is 2. The Hall–Kier alpha value is -5.16. The maximum absolute atomic E-state index is 12.3. The Bertz CT molecular complexity index is 1430. The zero-order valence-electron chi connectivity index (χ0n) is 21.1. The van der Waals surface area contributed by atoms with Gasteiger partial charge in [0.15, 0.2) is 11.2 Å². The molecule has 3 rings (SSSR count). The van der Waals surface area contributed by atoms with Gasteiger partial charge in [-0.2, -0.15) is 4.98 Å². The number of nitrogen functional groups attached to an aromatic ring is 1. The van der Waals surface area contributed by atoms with Crippen LogP contribution in [0.25, 0.3) is 11.2 Å². The van der Waals surface area contributed by atoms with Gasteiger partial charge in [0, 0.05) is 17.7 Å². The van der Waals surface area contributed by atoms with Crippen LogP contribution in [0.2, 0.25) is 0 Å². The Morgan fingerprint density at radius 1 is 1.05 bits per heavy atom. The molecule has 0 spiro atoms. The number of H-pyrrole nitrogens is 1. The summed E-state index contributed by atoms with van der Waals surface area (Å²) in [6.45, 7) is 1.56. The summed E-state index contributed by atoms with van der Waals surface area (Å²) < 4.78 is 0. The highest BCUT2D eigenvalue weighted by Crippen LogP contribution is 2.12. The molecular weight excluding hydrogens is 532 g/mol. The molecule has 3 aromatic rings. The lowest BCUT2D eigenvalue weighted by atomic mass is 10.1. The Morgan fingerprint density at radius 3 is 2.23 bits per heavy atom. The van der Waals surface area contributed by atoms with Gasteiger partial charge < -0.3 is 42.5 Å². The molecule has 17 heteroatoms. The molecule has 0 radical (unpaired) electrons. The first-order valence-corrected chi connectivity index (χ1v) is 11.6. The second-order valence-electron chi connectivity index (χ2n) is 8.32. The van der Waals surface area contributed by atoms with E-state index < -0.39 is 47.6 Å². The number of rotatable bonds is 11. The van der Waals surface area contributed by atoms with E-state index >= 15 is 0 Å². The molecule has 11 N–H and O–H groups in total. The summed E-state index contributed by atoms with van der Waals surface area (Å²) in [4.78, 5) is 70.4. The molecule has 0 fully saturated rings. The number of amides is 1. The average Bonchev–Trinajstić information content (AvgIpc) is 2.89. The van der Waals surface area contributed by atoms with E-state index in [-0.39, 0.29) is 42.1 Å². The van der Waals surface area contributed by atoms with Crippen LogP contribution in [0, 0.1) is 0 Å². The summed E-state index contributed by atoms with van der Waals surface area (Å²) in [5, 5.41) is 39.8. The van der Waals surface area contributed by atoms with Gasteiger partial charge >= 0.3 is 17.9 Å². The molecule has 1 amide bonds. The highest BCUT2D eigenvalue weighted by Gasteiger charge is 2.21. The number of nitrogens with zero attached hydrogens (tertiary/aromatic N) is 3. The van der Waals surface area contributed by atoms with Gasteiger partial charge in [0.2, 0.25) is 5.95 Å². The van der Waals surface area contributed by atoms with Crippen LogP contribution in [-0.2, 0) is 20.9 Å². The predicted molar refractivity (Wildman–Crippen MR) is 139 cm³/mol. The summed E-state index contributed by atoms with van der Waals surface area (Å²) in [5.74, 6) is -4.34. The van der Waals surface area contributed by atoms with Crippen molar-refractivity contribution in [1.82, 2.24) is 25.3 Å². The number of carboxylic acid groups (broad SMARTS) is 3. The Balaban J connectivity index is 0.000000611. The van der Waals surface area contributed by atoms with Crippen molar-refractivity contribution >= 4 is 46.6 Å². The molecule has 0 aliphatic rings. The molecule has 0 unspecified atom stereocenters. The van der Waals surface area contributed by atoms with E-state index in [0.29, 0.717) is 11.4 Å². The van der Waals surface area contributed by atoms with Gasteiger partial charge in [-0.05, 0) is 37.6 Å². The molecule has 0 saturated heterocycles. The number of carboxylic acids is 3. The second kappa shape index (κ2) is 14.1. The van der Waals surface area contributed by atoms with Crippen molar-refractivity contribution in [2.24, 2.45) is 5.73 Å². The summed E-state index contributed by atoms with van der Waals surface area (Å²) in [6.07, 6.45) is -0.139. The van der Waals surface area contributed by atoms with E-state index in [1.807, 2.05) is 0 Å². The number of aromatic amines is 1. The Labute approximate surface area is 225 Å². The quantitative estimate of drug-likeness (QED) is 0.132. The summed E-state index contributed by atoms with van der Waals surface area (Å²) >= 11 is 0. The first-order valence-electron chi connectivity index (χ1n) is 11.6. The second-order valence-corrected chi connectivity index (χ2v) is 8.32. The molecule has 17 nitrogen and oxygen atoms in total. The fraction of sp³-hybridized carbons (Fsp3) is 0.304. The van der Waals surface area contributed by atoms with Gasteiger partial charge in [0.05, 0.1) is 24.5 Å². The molecule has 0 saturated carbocycles. The van der Waals surface area contributed by atoms with Crippen molar-refractivity contribution in [1.29, 1.82) is 0 Å². The highest BCUT2D eigenvalue weighted by molar-refractivity contribution is 5.97. The zero-order valence-corrected chi connectivity index (χ0v) is 21.1. The maximum atomic E-state index is 12.3. The van der Waals surface area contributed by atoms with Crippen LogP contribution in [-0.4, -0.2) is 82.4 Å². The van der Waals surface area contributed by atoms with Gasteiger partial charge in [-0.25, -0.2) is 14.8 Å². The molecule has 0 aliphatic carbocycles. The molecule has 40 heavy (non-hydrogen) atoms. The number of benzene rings is 1. The van der Waals surface area contributed by atoms with Gasteiger partial charge in [0.1, 0.15) is 12.1 Å². The monoisotopic (exact) mass is 560 g/mol. The minimum absolute atomic E-state index is 0.0524. The van der Waals surface area contributed by atoms with Crippen LogP contribution < -0.4 is 27.7 Å². The largest absolute Gasteiger partial charge is 0.481 e. The molecule has 214 valence electrons. The summed E-state index contributed by atoms with van der Waals surface area (Å²) in [6, 6.07) is 3.71. The molecule has 3 atom stereocenters. The lowest BCUT2D eigenvalue weighted by Gasteiger charge is -2.14. The van der Waals surface area contributed by atoms with E-state index in [4.69, 9.17) is 31.9 Å². The maximum Gasteiger partial charge on any atom is 0.326 e. The lowest BCUT2D eigenvalue weighted by molar-refractivity contribution is -0.142. The highest BCUT2D eigenvalue weighted by atomic mass is 16.4. The topological polar surface area (TPSA) is 297 Å². The fourth-order valence-corrected chi connectivity index (χ4v) is 2.96.